The highest BCUT2D eigenvalue weighted by Crippen LogP contribution is 2.45. The standard InChI is InChI=1S/C16H28N2O3S2/c1-2-23(20,21)17-10-8-16(9-11-17)18(12-13-22-16)15(19)14-6-4-3-5-7-14/h14H,2-13H2,1H3. The lowest BCUT2D eigenvalue weighted by Crippen LogP contribution is -2.55. The molecular weight excluding hydrogens is 332 g/mol. The number of carbonyl (C=O) groups excluding carboxylic acids is 1. The van der Waals surface area contributed by atoms with Crippen molar-refractivity contribution in [2.75, 3.05) is 31.1 Å². The molecule has 2 heterocycles. The molecule has 0 aromatic carbocycles. The second-order valence-corrected chi connectivity index (χ2v) is 10.6. The van der Waals surface area contributed by atoms with Crippen LogP contribution in [0.25, 0.3) is 0 Å². The van der Waals surface area contributed by atoms with Crippen molar-refractivity contribution in [1.29, 1.82) is 0 Å². The van der Waals surface area contributed by atoms with Gasteiger partial charge in [-0.05, 0) is 32.6 Å². The maximum Gasteiger partial charge on any atom is 0.226 e. The van der Waals surface area contributed by atoms with E-state index in [2.05, 4.69) is 4.90 Å². The minimum absolute atomic E-state index is 0.145. The molecule has 7 heteroatoms. The summed E-state index contributed by atoms with van der Waals surface area (Å²) in [6, 6.07) is 0. The fourth-order valence-corrected chi connectivity index (χ4v) is 6.77. The number of hydrogen-bond donors (Lipinski definition) is 0. The van der Waals surface area contributed by atoms with E-state index in [4.69, 9.17) is 0 Å². The fourth-order valence-electron chi connectivity index (χ4n) is 4.20. The van der Waals surface area contributed by atoms with E-state index in [-0.39, 0.29) is 16.5 Å². The van der Waals surface area contributed by atoms with Gasteiger partial charge in [0.15, 0.2) is 0 Å². The van der Waals surface area contributed by atoms with Crippen LogP contribution in [0.3, 0.4) is 0 Å². The van der Waals surface area contributed by atoms with Crippen molar-refractivity contribution >= 4 is 27.7 Å². The van der Waals surface area contributed by atoms with Crippen LogP contribution >= 0.6 is 11.8 Å². The van der Waals surface area contributed by atoms with Gasteiger partial charge in [0.1, 0.15) is 0 Å². The van der Waals surface area contributed by atoms with Crippen molar-refractivity contribution in [3.8, 4) is 0 Å². The number of carbonyl (C=O) groups is 1. The Balaban J connectivity index is 1.68. The van der Waals surface area contributed by atoms with Crippen molar-refractivity contribution < 1.29 is 13.2 Å². The lowest BCUT2D eigenvalue weighted by atomic mass is 9.87. The van der Waals surface area contributed by atoms with Crippen LogP contribution in [-0.2, 0) is 14.8 Å². The van der Waals surface area contributed by atoms with E-state index in [1.807, 2.05) is 11.8 Å². The zero-order valence-electron chi connectivity index (χ0n) is 14.0. The number of piperidine rings is 1. The van der Waals surface area contributed by atoms with E-state index in [1.165, 1.54) is 19.3 Å². The summed E-state index contributed by atoms with van der Waals surface area (Å²) in [6.45, 7) is 3.64. The number of nitrogens with zero attached hydrogens (tertiary/aromatic N) is 2. The van der Waals surface area contributed by atoms with Crippen LogP contribution < -0.4 is 0 Å². The van der Waals surface area contributed by atoms with Gasteiger partial charge in [0.25, 0.3) is 0 Å². The maximum atomic E-state index is 13.0. The van der Waals surface area contributed by atoms with Gasteiger partial charge in [-0.3, -0.25) is 4.79 Å². The maximum absolute atomic E-state index is 13.0. The van der Waals surface area contributed by atoms with Gasteiger partial charge in [-0.15, -0.1) is 11.8 Å². The SMILES string of the molecule is CCS(=O)(=O)N1CCC2(CC1)SCCN2C(=O)C1CCCCC1. The quantitative estimate of drug-likeness (QED) is 0.775. The average Bonchev–Trinajstić information content (AvgIpc) is 2.98. The first-order valence-corrected chi connectivity index (χ1v) is 11.5. The van der Waals surface area contributed by atoms with Gasteiger partial charge in [-0.25, -0.2) is 12.7 Å². The van der Waals surface area contributed by atoms with E-state index in [1.54, 1.807) is 11.2 Å². The topological polar surface area (TPSA) is 57.7 Å². The molecule has 0 unspecified atom stereocenters. The van der Waals surface area contributed by atoms with E-state index in [0.29, 0.717) is 19.0 Å². The highest BCUT2D eigenvalue weighted by atomic mass is 32.2. The van der Waals surface area contributed by atoms with Gasteiger partial charge in [-0.1, -0.05) is 19.3 Å². The van der Waals surface area contributed by atoms with Crippen LogP contribution in [0.5, 0.6) is 0 Å². The average molecular weight is 361 g/mol. The third kappa shape index (κ3) is 3.42. The molecule has 3 fully saturated rings. The number of sulfonamides is 1. The monoisotopic (exact) mass is 360 g/mol. The molecular formula is C16H28N2O3S2. The smallest absolute Gasteiger partial charge is 0.226 e. The summed E-state index contributed by atoms with van der Waals surface area (Å²) in [5.74, 6) is 1.69. The van der Waals surface area contributed by atoms with Gasteiger partial charge in [-0.2, -0.15) is 0 Å². The second kappa shape index (κ2) is 6.92. The molecule has 2 saturated heterocycles. The Morgan fingerprint density at radius 1 is 1.13 bits per heavy atom. The van der Waals surface area contributed by atoms with Crippen molar-refractivity contribution in [2.45, 2.75) is 56.7 Å². The minimum atomic E-state index is -3.11. The summed E-state index contributed by atoms with van der Waals surface area (Å²) < 4.78 is 25.7. The first-order valence-electron chi connectivity index (χ1n) is 8.92. The molecule has 0 aromatic rings. The Kier molecular flexibility index (Phi) is 5.28. The third-order valence-corrected chi connectivity index (χ3v) is 9.09. The summed E-state index contributed by atoms with van der Waals surface area (Å²) in [5, 5.41) is 0. The molecule has 1 amide bonds. The molecule has 0 radical (unpaired) electrons. The fraction of sp³-hybridized carbons (Fsp3) is 0.938. The van der Waals surface area contributed by atoms with Gasteiger partial charge in [0.2, 0.25) is 15.9 Å². The third-order valence-electron chi connectivity index (χ3n) is 5.66. The predicted molar refractivity (Wildman–Crippen MR) is 93.7 cm³/mol. The number of hydrogen-bond acceptors (Lipinski definition) is 4. The van der Waals surface area contributed by atoms with E-state index >= 15 is 0 Å². The Labute approximate surface area is 144 Å². The molecule has 132 valence electrons. The van der Waals surface area contributed by atoms with Crippen LogP contribution in [0, 0.1) is 5.92 Å². The van der Waals surface area contributed by atoms with Crippen LogP contribution in [0.4, 0.5) is 0 Å². The van der Waals surface area contributed by atoms with Crippen molar-refractivity contribution in [1.82, 2.24) is 9.21 Å². The summed E-state index contributed by atoms with van der Waals surface area (Å²) in [6.07, 6.45) is 7.22. The molecule has 5 nitrogen and oxygen atoms in total. The van der Waals surface area contributed by atoms with Crippen molar-refractivity contribution in [3.05, 3.63) is 0 Å². The van der Waals surface area contributed by atoms with E-state index < -0.39 is 10.0 Å². The molecule has 0 atom stereocenters. The summed E-state index contributed by atoms with van der Waals surface area (Å²) in [4.78, 5) is 15.0. The Hall–Kier alpha value is -0.270. The molecule has 23 heavy (non-hydrogen) atoms. The van der Waals surface area contributed by atoms with Crippen LogP contribution in [0.1, 0.15) is 51.9 Å². The zero-order chi connectivity index (χ0) is 16.5. The molecule has 3 aliphatic rings. The van der Waals surface area contributed by atoms with Crippen LogP contribution in [-0.4, -0.2) is 59.5 Å². The highest BCUT2D eigenvalue weighted by molar-refractivity contribution is 8.00. The second-order valence-electron chi connectivity index (χ2n) is 6.92. The van der Waals surface area contributed by atoms with Gasteiger partial charge in [0.05, 0.1) is 10.6 Å². The van der Waals surface area contributed by atoms with Gasteiger partial charge in [0, 0.05) is 31.3 Å². The lowest BCUT2D eigenvalue weighted by Gasteiger charge is -2.44. The normalized spacial score (nSPS) is 26.7. The van der Waals surface area contributed by atoms with Crippen LogP contribution in [0.2, 0.25) is 0 Å². The Morgan fingerprint density at radius 3 is 2.39 bits per heavy atom. The van der Waals surface area contributed by atoms with Gasteiger partial charge < -0.3 is 4.90 Å². The van der Waals surface area contributed by atoms with Crippen molar-refractivity contribution in [3.63, 3.8) is 0 Å². The first-order chi connectivity index (χ1) is 11.0. The number of thioether (sulfide) groups is 1. The highest BCUT2D eigenvalue weighted by Gasteiger charge is 2.48. The molecule has 1 aliphatic carbocycles. The summed E-state index contributed by atoms with van der Waals surface area (Å²) in [7, 11) is -3.11. The summed E-state index contributed by atoms with van der Waals surface area (Å²) >= 11 is 1.87. The largest absolute Gasteiger partial charge is 0.327 e. The molecule has 3 rings (SSSR count). The van der Waals surface area contributed by atoms with E-state index in [9.17, 15) is 13.2 Å². The molecule has 0 bridgehead atoms. The van der Waals surface area contributed by atoms with Crippen LogP contribution in [0.15, 0.2) is 0 Å². The molecule has 2 aliphatic heterocycles. The summed E-state index contributed by atoms with van der Waals surface area (Å²) in [5.41, 5.74) is 0. The molecule has 0 N–H and O–H groups in total. The lowest BCUT2D eigenvalue weighted by molar-refractivity contribution is -0.140. The molecule has 1 spiro atoms. The van der Waals surface area contributed by atoms with Crippen molar-refractivity contribution in [2.24, 2.45) is 5.92 Å². The molecule has 1 saturated carbocycles. The number of amides is 1. The Morgan fingerprint density at radius 2 is 1.78 bits per heavy atom. The van der Waals surface area contributed by atoms with E-state index in [0.717, 1.165) is 38.0 Å². The minimum Gasteiger partial charge on any atom is -0.327 e. The first kappa shape index (κ1) is 17.5. The molecule has 0 aromatic heterocycles. The zero-order valence-corrected chi connectivity index (χ0v) is 15.6. The van der Waals surface area contributed by atoms with Gasteiger partial charge >= 0.3 is 0 Å². The number of rotatable bonds is 3. The Bertz CT molecular complexity index is 536. The predicted octanol–water partition coefficient (Wildman–Crippen LogP) is 2.28.